The Morgan fingerprint density at radius 3 is 2.00 bits per heavy atom. The van der Waals surface area contributed by atoms with Crippen LogP contribution in [0, 0.1) is 17.8 Å². The molecule has 0 amide bonds. The van der Waals surface area contributed by atoms with E-state index in [1.807, 2.05) is 0 Å². The molecule has 1 N–H and O–H groups in total. The highest BCUT2D eigenvalue weighted by Gasteiger charge is 2.39. The van der Waals surface area contributed by atoms with Crippen LogP contribution in [0.2, 0.25) is 0 Å². The van der Waals surface area contributed by atoms with Crippen molar-refractivity contribution in [3.63, 3.8) is 0 Å². The number of aliphatic carboxylic acids is 1. The zero-order chi connectivity index (χ0) is 14.9. The molecule has 6 heteroatoms. The smallest absolute Gasteiger partial charge is 0.306 e. The first-order chi connectivity index (χ1) is 9.30. The van der Waals surface area contributed by atoms with Crippen LogP contribution < -0.4 is 0 Å². The van der Waals surface area contributed by atoms with Crippen molar-refractivity contribution in [3.8, 4) is 0 Å². The molecule has 0 radical (unpaired) electrons. The van der Waals surface area contributed by atoms with Gasteiger partial charge in [0.25, 0.3) is 0 Å². The maximum atomic E-state index is 12.7. The van der Waals surface area contributed by atoms with Crippen molar-refractivity contribution in [2.24, 2.45) is 17.8 Å². The van der Waals surface area contributed by atoms with Gasteiger partial charge in [-0.1, -0.05) is 13.8 Å². The molecule has 1 aliphatic heterocycles. The number of nitrogens with zero attached hydrogens (tertiary/aromatic N) is 1. The van der Waals surface area contributed by atoms with Gasteiger partial charge in [-0.15, -0.1) is 0 Å². The van der Waals surface area contributed by atoms with Crippen LogP contribution in [0.3, 0.4) is 0 Å². The quantitative estimate of drug-likeness (QED) is 0.864. The highest BCUT2D eigenvalue weighted by Crippen LogP contribution is 2.34. The van der Waals surface area contributed by atoms with E-state index in [1.165, 1.54) is 4.31 Å². The Morgan fingerprint density at radius 2 is 1.55 bits per heavy atom. The highest BCUT2D eigenvalue weighted by molar-refractivity contribution is 7.89. The Kier molecular flexibility index (Phi) is 4.74. The molecule has 0 aromatic rings. The van der Waals surface area contributed by atoms with Gasteiger partial charge in [-0.3, -0.25) is 4.79 Å². The van der Waals surface area contributed by atoms with Crippen LogP contribution in [0.4, 0.5) is 0 Å². The van der Waals surface area contributed by atoms with Crippen molar-refractivity contribution in [2.75, 3.05) is 13.1 Å². The number of carbonyl (C=O) groups is 1. The Morgan fingerprint density at radius 1 is 1.05 bits per heavy atom. The summed E-state index contributed by atoms with van der Waals surface area (Å²) in [6, 6.07) is 0. The van der Waals surface area contributed by atoms with Gasteiger partial charge >= 0.3 is 5.97 Å². The minimum atomic E-state index is -3.26. The predicted octanol–water partition coefficient (Wildman–Crippen LogP) is 1.94. The SMILES string of the molecule is C[C@@H]1CC(S(=O)(=O)N2CCC(C(=O)O)CC2)C[C@H](C)C1. The fraction of sp³-hybridized carbons (Fsp3) is 0.929. The van der Waals surface area contributed by atoms with Gasteiger partial charge in [0.2, 0.25) is 10.0 Å². The molecule has 2 aliphatic rings. The van der Waals surface area contributed by atoms with Crippen LogP contribution in [0.15, 0.2) is 0 Å². The summed E-state index contributed by atoms with van der Waals surface area (Å²) < 4.78 is 26.9. The molecule has 20 heavy (non-hydrogen) atoms. The van der Waals surface area contributed by atoms with Crippen molar-refractivity contribution in [2.45, 2.75) is 51.2 Å². The van der Waals surface area contributed by atoms with Crippen LogP contribution in [0.25, 0.3) is 0 Å². The molecule has 0 bridgehead atoms. The second-order valence-corrected chi connectivity index (χ2v) is 8.81. The van der Waals surface area contributed by atoms with E-state index in [-0.39, 0.29) is 11.2 Å². The summed E-state index contributed by atoms with van der Waals surface area (Å²) in [5.74, 6) is -0.280. The summed E-state index contributed by atoms with van der Waals surface area (Å²) in [5.41, 5.74) is 0. The molecule has 1 saturated heterocycles. The van der Waals surface area contributed by atoms with Crippen molar-refractivity contribution >= 4 is 16.0 Å². The van der Waals surface area contributed by atoms with E-state index in [4.69, 9.17) is 5.11 Å². The first-order valence-corrected chi connectivity index (χ1v) is 9.02. The fourth-order valence-corrected chi connectivity index (χ4v) is 5.97. The molecule has 5 nitrogen and oxygen atoms in total. The van der Waals surface area contributed by atoms with E-state index in [0.29, 0.717) is 37.8 Å². The third-order valence-electron chi connectivity index (χ3n) is 4.72. The minimum absolute atomic E-state index is 0.275. The molecule has 1 unspecified atom stereocenters. The van der Waals surface area contributed by atoms with Gasteiger partial charge in [-0.25, -0.2) is 12.7 Å². The number of carboxylic acid groups (broad SMARTS) is 1. The molecule has 1 aliphatic carbocycles. The lowest BCUT2D eigenvalue weighted by Gasteiger charge is -2.36. The Labute approximate surface area is 121 Å². The van der Waals surface area contributed by atoms with Gasteiger partial charge < -0.3 is 5.11 Å². The van der Waals surface area contributed by atoms with E-state index >= 15 is 0 Å². The number of hydrogen-bond acceptors (Lipinski definition) is 3. The molecular formula is C14H25NO4S. The lowest BCUT2D eigenvalue weighted by atomic mass is 9.83. The molecular weight excluding hydrogens is 278 g/mol. The molecule has 0 aromatic heterocycles. The van der Waals surface area contributed by atoms with E-state index in [1.54, 1.807) is 0 Å². The van der Waals surface area contributed by atoms with E-state index < -0.39 is 16.0 Å². The van der Waals surface area contributed by atoms with E-state index in [0.717, 1.165) is 19.3 Å². The fourth-order valence-electron chi connectivity index (χ4n) is 3.68. The summed E-state index contributed by atoms with van der Waals surface area (Å²) in [6.07, 6.45) is 3.46. The van der Waals surface area contributed by atoms with Crippen molar-refractivity contribution in [1.82, 2.24) is 4.31 Å². The molecule has 0 aromatic carbocycles. The lowest BCUT2D eigenvalue weighted by Crippen LogP contribution is -2.46. The third-order valence-corrected chi connectivity index (χ3v) is 7.03. The monoisotopic (exact) mass is 303 g/mol. The van der Waals surface area contributed by atoms with Crippen molar-refractivity contribution < 1.29 is 18.3 Å². The van der Waals surface area contributed by atoms with Crippen molar-refractivity contribution in [1.29, 1.82) is 0 Å². The molecule has 3 atom stereocenters. The first kappa shape index (κ1) is 15.8. The zero-order valence-corrected chi connectivity index (χ0v) is 13.1. The van der Waals surface area contributed by atoms with Crippen LogP contribution in [-0.4, -0.2) is 42.1 Å². The van der Waals surface area contributed by atoms with Gasteiger partial charge in [0.1, 0.15) is 0 Å². The molecule has 0 spiro atoms. The van der Waals surface area contributed by atoms with E-state index in [9.17, 15) is 13.2 Å². The summed E-state index contributed by atoms with van der Waals surface area (Å²) in [7, 11) is -3.26. The van der Waals surface area contributed by atoms with Gasteiger partial charge in [0.05, 0.1) is 11.2 Å². The first-order valence-electron chi connectivity index (χ1n) is 7.52. The van der Waals surface area contributed by atoms with Gasteiger partial charge in [0, 0.05) is 13.1 Å². The summed E-state index contributed by atoms with van der Waals surface area (Å²) in [5, 5.41) is 8.70. The largest absolute Gasteiger partial charge is 0.481 e. The van der Waals surface area contributed by atoms with Gasteiger partial charge in [-0.2, -0.15) is 0 Å². The molecule has 116 valence electrons. The molecule has 2 rings (SSSR count). The maximum absolute atomic E-state index is 12.7. The second-order valence-electron chi connectivity index (χ2n) is 6.60. The summed E-state index contributed by atoms with van der Waals surface area (Å²) in [4.78, 5) is 10.9. The molecule has 1 heterocycles. The molecule has 2 fully saturated rings. The van der Waals surface area contributed by atoms with Crippen LogP contribution >= 0.6 is 0 Å². The number of sulfonamides is 1. The number of hydrogen-bond donors (Lipinski definition) is 1. The maximum Gasteiger partial charge on any atom is 0.306 e. The van der Waals surface area contributed by atoms with E-state index in [2.05, 4.69) is 13.8 Å². The van der Waals surface area contributed by atoms with Crippen LogP contribution in [0.5, 0.6) is 0 Å². The van der Waals surface area contributed by atoms with Crippen LogP contribution in [0.1, 0.15) is 46.0 Å². The third kappa shape index (κ3) is 3.34. The topological polar surface area (TPSA) is 74.7 Å². The highest BCUT2D eigenvalue weighted by atomic mass is 32.2. The Bertz CT molecular complexity index is 444. The van der Waals surface area contributed by atoms with Gasteiger partial charge in [-0.05, 0) is 43.9 Å². The van der Waals surface area contributed by atoms with Gasteiger partial charge in [0.15, 0.2) is 0 Å². The Hall–Kier alpha value is -0.620. The second kappa shape index (κ2) is 6.02. The summed E-state index contributed by atoms with van der Waals surface area (Å²) in [6.45, 7) is 4.96. The molecule has 1 saturated carbocycles. The van der Waals surface area contributed by atoms with Crippen molar-refractivity contribution in [3.05, 3.63) is 0 Å². The summed E-state index contributed by atoms with van der Waals surface area (Å²) >= 11 is 0. The standard InChI is InChI=1S/C14H25NO4S/c1-10-7-11(2)9-13(8-10)20(18,19)15-5-3-12(4-6-15)14(16)17/h10-13H,3-9H2,1-2H3,(H,16,17)/t10-,11+,13?. The Balaban J connectivity index is 2.02. The minimum Gasteiger partial charge on any atom is -0.481 e. The number of rotatable bonds is 3. The average molecular weight is 303 g/mol. The lowest BCUT2D eigenvalue weighted by molar-refractivity contribution is -0.142. The number of carboxylic acids is 1. The predicted molar refractivity (Wildman–Crippen MR) is 76.8 cm³/mol. The van der Waals surface area contributed by atoms with Crippen LogP contribution in [-0.2, 0) is 14.8 Å². The average Bonchev–Trinajstić information content (AvgIpc) is 2.37. The zero-order valence-electron chi connectivity index (χ0n) is 12.3. The normalized spacial score (nSPS) is 34.0. The number of piperidine rings is 1.